The van der Waals surface area contributed by atoms with E-state index in [4.69, 9.17) is 0 Å². The van der Waals surface area contributed by atoms with Crippen LogP contribution in [0.2, 0.25) is 0 Å². The van der Waals surface area contributed by atoms with E-state index in [1.54, 1.807) is 30.6 Å². The molecule has 1 heterocycles. The first kappa shape index (κ1) is 24.7. The fourth-order valence-corrected chi connectivity index (χ4v) is 3.75. The number of benzene rings is 1. The van der Waals surface area contributed by atoms with Gasteiger partial charge < -0.3 is 5.32 Å². The van der Waals surface area contributed by atoms with Crippen molar-refractivity contribution in [2.45, 2.75) is 57.9 Å². The van der Waals surface area contributed by atoms with E-state index in [9.17, 15) is 14.4 Å². The third-order valence-corrected chi connectivity index (χ3v) is 5.99. The minimum atomic E-state index is -0.641. The van der Waals surface area contributed by atoms with Crippen molar-refractivity contribution < 1.29 is 14.4 Å². The molecular weight excluding hydrogens is 447 g/mol. The molecule has 35 heavy (non-hydrogen) atoms. The number of amides is 1. The van der Waals surface area contributed by atoms with E-state index in [0.717, 1.165) is 36.5 Å². The van der Waals surface area contributed by atoms with Gasteiger partial charge in [-0.25, -0.2) is 14.4 Å². The van der Waals surface area contributed by atoms with Crippen LogP contribution in [0.15, 0.2) is 60.1 Å². The summed E-state index contributed by atoms with van der Waals surface area (Å²) in [6.07, 6.45) is 11.3. The first-order chi connectivity index (χ1) is 16.9. The lowest BCUT2D eigenvalue weighted by Crippen LogP contribution is -2.36. The number of anilines is 1. The molecule has 2 aliphatic rings. The topological polar surface area (TPSA) is 103 Å². The first-order valence-electron chi connectivity index (χ1n) is 12.0. The number of nitrogens with one attached hydrogen (secondary N) is 2. The lowest BCUT2D eigenvalue weighted by Gasteiger charge is -2.19. The number of hydrazine groups is 1. The summed E-state index contributed by atoms with van der Waals surface area (Å²) in [5, 5.41) is 13.6. The van der Waals surface area contributed by atoms with Crippen molar-refractivity contribution in [3.8, 4) is 11.3 Å². The molecule has 0 radical (unpaired) electrons. The SMILES string of the molecule is C=C(/N=C(\C=C/C)C(CC)C(=O)Nc1ccc(-c2cncc(C3CC3)n2)cc1F)NN(O)C1CC1. The number of carbonyl (C=O) groups excluding carboxylic acids is 1. The van der Waals surface area contributed by atoms with Gasteiger partial charge in [0, 0.05) is 17.7 Å². The minimum Gasteiger partial charge on any atom is -0.323 e. The smallest absolute Gasteiger partial charge is 0.233 e. The van der Waals surface area contributed by atoms with Gasteiger partial charge in [0.2, 0.25) is 5.91 Å². The molecule has 2 aromatic rings. The summed E-state index contributed by atoms with van der Waals surface area (Å²) in [6.45, 7) is 7.50. The average molecular weight is 479 g/mol. The molecule has 1 aromatic carbocycles. The van der Waals surface area contributed by atoms with E-state index in [1.807, 2.05) is 13.8 Å². The Labute approximate surface area is 204 Å². The highest BCUT2D eigenvalue weighted by atomic mass is 19.1. The first-order valence-corrected chi connectivity index (χ1v) is 12.0. The summed E-state index contributed by atoms with van der Waals surface area (Å²) in [5.74, 6) is -0.922. The number of hydroxylamine groups is 1. The maximum atomic E-state index is 15.0. The van der Waals surface area contributed by atoms with Crippen LogP contribution in [0.1, 0.15) is 57.6 Å². The molecule has 1 amide bonds. The zero-order valence-electron chi connectivity index (χ0n) is 20.0. The normalized spacial score (nSPS) is 17.0. The fourth-order valence-electron chi connectivity index (χ4n) is 3.75. The van der Waals surface area contributed by atoms with Gasteiger partial charge in [0.1, 0.15) is 11.6 Å². The van der Waals surface area contributed by atoms with E-state index in [-0.39, 0.29) is 23.5 Å². The van der Waals surface area contributed by atoms with Gasteiger partial charge in [0.25, 0.3) is 0 Å². The summed E-state index contributed by atoms with van der Waals surface area (Å²) in [4.78, 5) is 26.4. The standard InChI is InChI=1S/C26H31FN6O2/c1-4-6-22(29-16(3)32-33(35)19-10-11-19)20(5-2)26(34)31-23-12-9-18(13-21(23)27)25-15-28-14-24(30-25)17-7-8-17/h4,6,9,12-15,17,19-20,32,35H,3,5,7-8,10-11H2,1-2H3,(H,31,34)/b6-4-,29-22+. The molecule has 1 atom stereocenters. The number of aliphatic imine (C=N–C) groups is 1. The van der Waals surface area contributed by atoms with Crippen LogP contribution in [-0.4, -0.2) is 38.0 Å². The Morgan fingerprint density at radius 3 is 2.74 bits per heavy atom. The molecule has 9 heteroatoms. The van der Waals surface area contributed by atoms with Gasteiger partial charge in [-0.2, -0.15) is 0 Å². The molecule has 4 rings (SSSR count). The Bertz CT molecular complexity index is 1160. The highest BCUT2D eigenvalue weighted by Crippen LogP contribution is 2.39. The van der Waals surface area contributed by atoms with Crippen molar-refractivity contribution in [2.75, 3.05) is 5.32 Å². The molecule has 184 valence electrons. The number of carbonyl (C=O) groups is 1. The third-order valence-electron chi connectivity index (χ3n) is 5.99. The molecular formula is C26H31FN6O2. The number of aromatic nitrogens is 2. The number of nitrogens with zero attached hydrogens (tertiary/aromatic N) is 4. The predicted molar refractivity (Wildman–Crippen MR) is 133 cm³/mol. The number of allylic oxidation sites excluding steroid dienone is 2. The average Bonchev–Trinajstić information content (AvgIpc) is 3.74. The van der Waals surface area contributed by atoms with Crippen molar-refractivity contribution >= 4 is 17.3 Å². The monoisotopic (exact) mass is 478 g/mol. The third kappa shape index (κ3) is 6.37. The Balaban J connectivity index is 1.47. The van der Waals surface area contributed by atoms with Gasteiger partial charge >= 0.3 is 0 Å². The van der Waals surface area contributed by atoms with Gasteiger partial charge in [-0.05, 0) is 57.2 Å². The van der Waals surface area contributed by atoms with Crippen LogP contribution in [0, 0.1) is 11.7 Å². The van der Waals surface area contributed by atoms with Gasteiger partial charge in [-0.3, -0.25) is 20.4 Å². The van der Waals surface area contributed by atoms with Gasteiger partial charge in [-0.15, -0.1) is 5.17 Å². The van der Waals surface area contributed by atoms with E-state index in [1.165, 1.54) is 12.1 Å². The maximum absolute atomic E-state index is 15.0. The van der Waals surface area contributed by atoms with Crippen LogP contribution < -0.4 is 10.7 Å². The Kier molecular flexibility index (Phi) is 7.67. The second-order valence-electron chi connectivity index (χ2n) is 8.92. The lowest BCUT2D eigenvalue weighted by molar-refractivity contribution is -0.136. The van der Waals surface area contributed by atoms with Gasteiger partial charge in [0.05, 0.1) is 40.9 Å². The number of hydrogen-bond acceptors (Lipinski definition) is 7. The van der Waals surface area contributed by atoms with Crippen LogP contribution >= 0.6 is 0 Å². The van der Waals surface area contributed by atoms with Crippen molar-refractivity contribution in [2.24, 2.45) is 10.9 Å². The van der Waals surface area contributed by atoms with Crippen LogP contribution in [0.25, 0.3) is 11.3 Å². The molecule has 0 saturated heterocycles. The second kappa shape index (κ2) is 10.9. The molecule has 0 spiro atoms. The Morgan fingerprint density at radius 2 is 2.11 bits per heavy atom. The van der Waals surface area contributed by atoms with Crippen LogP contribution in [0.4, 0.5) is 10.1 Å². The maximum Gasteiger partial charge on any atom is 0.233 e. The molecule has 1 unspecified atom stereocenters. The Hall–Kier alpha value is -3.43. The molecule has 2 fully saturated rings. The number of hydrogen-bond donors (Lipinski definition) is 3. The van der Waals surface area contributed by atoms with Crippen molar-refractivity contribution in [1.82, 2.24) is 20.6 Å². The van der Waals surface area contributed by atoms with Crippen molar-refractivity contribution in [3.63, 3.8) is 0 Å². The largest absolute Gasteiger partial charge is 0.323 e. The van der Waals surface area contributed by atoms with E-state index in [0.29, 0.717) is 29.3 Å². The predicted octanol–water partition coefficient (Wildman–Crippen LogP) is 4.97. The molecule has 1 aromatic heterocycles. The lowest BCUT2D eigenvalue weighted by atomic mass is 9.98. The highest BCUT2D eigenvalue weighted by Gasteiger charge is 2.29. The molecule has 0 bridgehead atoms. The van der Waals surface area contributed by atoms with Crippen molar-refractivity contribution in [3.05, 3.63) is 66.7 Å². The molecule has 8 nitrogen and oxygen atoms in total. The van der Waals surface area contributed by atoms with E-state index >= 15 is 0 Å². The van der Waals surface area contributed by atoms with Gasteiger partial charge in [0.15, 0.2) is 0 Å². The zero-order valence-corrected chi connectivity index (χ0v) is 20.0. The van der Waals surface area contributed by atoms with E-state index in [2.05, 4.69) is 32.3 Å². The molecule has 0 aliphatic heterocycles. The summed E-state index contributed by atoms with van der Waals surface area (Å²) in [6, 6.07) is 4.66. The minimum absolute atomic E-state index is 0.0468. The fraction of sp³-hybridized carbons (Fsp3) is 0.385. The van der Waals surface area contributed by atoms with Crippen molar-refractivity contribution in [1.29, 1.82) is 0 Å². The number of rotatable bonds is 11. The molecule has 3 N–H and O–H groups in total. The highest BCUT2D eigenvalue weighted by molar-refractivity contribution is 6.13. The Morgan fingerprint density at radius 1 is 1.34 bits per heavy atom. The quantitative estimate of drug-likeness (QED) is 0.311. The number of halogens is 1. The molecule has 2 saturated carbocycles. The summed E-state index contributed by atoms with van der Waals surface area (Å²) in [5.41, 5.74) is 5.39. The van der Waals surface area contributed by atoms with E-state index < -0.39 is 11.7 Å². The molecule has 2 aliphatic carbocycles. The van der Waals surface area contributed by atoms with Crippen LogP contribution in [0.5, 0.6) is 0 Å². The van der Waals surface area contributed by atoms with Gasteiger partial charge in [-0.1, -0.05) is 25.6 Å². The second-order valence-corrected chi connectivity index (χ2v) is 8.92. The summed E-state index contributed by atoms with van der Waals surface area (Å²) < 4.78 is 15.0. The van der Waals surface area contributed by atoms with Crippen LogP contribution in [0.3, 0.4) is 0 Å². The van der Waals surface area contributed by atoms with Crippen LogP contribution in [-0.2, 0) is 4.79 Å². The summed E-state index contributed by atoms with van der Waals surface area (Å²) >= 11 is 0. The zero-order chi connectivity index (χ0) is 24.9. The summed E-state index contributed by atoms with van der Waals surface area (Å²) in [7, 11) is 0.